The van der Waals surface area contributed by atoms with E-state index in [1.807, 2.05) is 18.7 Å². The minimum absolute atomic E-state index is 0.0264. The molecule has 1 N–H and O–H groups in total. The molecule has 0 spiro atoms. The van der Waals surface area contributed by atoms with Gasteiger partial charge in [0.1, 0.15) is 5.54 Å². The fraction of sp³-hybridized carbons (Fsp3) is 0.818. The maximum Gasteiger partial charge on any atom is 0.282 e. The molecule has 2 saturated heterocycles. The predicted molar refractivity (Wildman–Crippen MR) is 68.1 cm³/mol. The van der Waals surface area contributed by atoms with E-state index in [9.17, 15) is 9.59 Å². The van der Waals surface area contributed by atoms with Crippen LogP contribution in [0.3, 0.4) is 0 Å². The van der Waals surface area contributed by atoms with Gasteiger partial charge in [0, 0.05) is 38.5 Å². The van der Waals surface area contributed by atoms with Gasteiger partial charge in [-0.15, -0.1) is 0 Å². The summed E-state index contributed by atoms with van der Waals surface area (Å²) in [5, 5.41) is 3.25. The summed E-state index contributed by atoms with van der Waals surface area (Å²) >= 11 is 1.30. The number of thioether (sulfide) groups is 1. The summed E-state index contributed by atoms with van der Waals surface area (Å²) in [6.45, 7) is 7.51. The van der Waals surface area contributed by atoms with Gasteiger partial charge in [-0.05, 0) is 13.8 Å². The van der Waals surface area contributed by atoms with E-state index in [4.69, 9.17) is 0 Å². The third-order valence-electron chi connectivity index (χ3n) is 3.36. The van der Waals surface area contributed by atoms with Crippen molar-refractivity contribution in [3.05, 3.63) is 0 Å². The fourth-order valence-corrected chi connectivity index (χ4v) is 3.20. The van der Waals surface area contributed by atoms with Gasteiger partial charge in [0.2, 0.25) is 5.91 Å². The van der Waals surface area contributed by atoms with Crippen molar-refractivity contribution in [2.45, 2.75) is 19.4 Å². The maximum absolute atomic E-state index is 12.4. The van der Waals surface area contributed by atoms with Gasteiger partial charge >= 0.3 is 0 Å². The van der Waals surface area contributed by atoms with Crippen LogP contribution in [0.25, 0.3) is 0 Å². The largest absolute Gasteiger partial charge is 0.338 e. The van der Waals surface area contributed by atoms with E-state index in [0.717, 1.165) is 31.9 Å². The lowest BCUT2D eigenvalue weighted by atomic mass is 10.0. The molecule has 17 heavy (non-hydrogen) atoms. The molecule has 5 nitrogen and oxygen atoms in total. The number of amides is 2. The summed E-state index contributed by atoms with van der Waals surface area (Å²) in [7, 11) is 0. The molecule has 96 valence electrons. The van der Waals surface area contributed by atoms with Crippen molar-refractivity contribution in [2.24, 2.45) is 0 Å². The predicted octanol–water partition coefficient (Wildman–Crippen LogP) is 0.366. The number of nitrogens with zero attached hydrogens (tertiary/aromatic N) is 2. The van der Waals surface area contributed by atoms with Crippen LogP contribution in [0, 0.1) is 0 Å². The van der Waals surface area contributed by atoms with Gasteiger partial charge in [-0.2, -0.15) is 0 Å². The molecule has 2 aliphatic heterocycles. The van der Waals surface area contributed by atoms with E-state index in [-0.39, 0.29) is 11.1 Å². The summed E-state index contributed by atoms with van der Waals surface area (Å²) in [4.78, 5) is 27.7. The number of rotatable bonds is 2. The first-order valence-corrected chi connectivity index (χ1v) is 6.96. The minimum atomic E-state index is -0.710. The Morgan fingerprint density at radius 2 is 1.94 bits per heavy atom. The third kappa shape index (κ3) is 2.42. The van der Waals surface area contributed by atoms with Crippen LogP contribution in [0.2, 0.25) is 0 Å². The molecule has 0 aromatic rings. The van der Waals surface area contributed by atoms with Crippen LogP contribution in [0.15, 0.2) is 0 Å². The maximum atomic E-state index is 12.4. The zero-order valence-electron chi connectivity index (χ0n) is 10.4. The van der Waals surface area contributed by atoms with E-state index in [1.165, 1.54) is 11.8 Å². The molecule has 2 heterocycles. The van der Waals surface area contributed by atoms with Crippen molar-refractivity contribution < 1.29 is 9.59 Å². The lowest BCUT2D eigenvalue weighted by Crippen LogP contribution is -2.59. The molecule has 0 atom stereocenters. The van der Waals surface area contributed by atoms with Gasteiger partial charge in [-0.1, -0.05) is 11.8 Å². The number of hydrogen-bond donors (Lipinski definition) is 1. The molecule has 0 unspecified atom stereocenters. The van der Waals surface area contributed by atoms with Crippen molar-refractivity contribution in [1.82, 2.24) is 15.1 Å². The zero-order valence-corrected chi connectivity index (χ0v) is 11.2. The van der Waals surface area contributed by atoms with Gasteiger partial charge in [0.15, 0.2) is 0 Å². The first kappa shape index (κ1) is 12.7. The van der Waals surface area contributed by atoms with Crippen molar-refractivity contribution in [3.63, 3.8) is 0 Å². The first-order valence-electron chi connectivity index (χ1n) is 5.98. The van der Waals surface area contributed by atoms with Crippen molar-refractivity contribution >= 4 is 22.9 Å². The van der Waals surface area contributed by atoms with E-state index in [0.29, 0.717) is 6.54 Å². The minimum Gasteiger partial charge on any atom is -0.338 e. The number of carbonyl (C=O) groups excluding carboxylic acids is 2. The molecular formula is C11H19N3O2S. The molecule has 6 heteroatoms. The lowest BCUT2D eigenvalue weighted by molar-refractivity contribution is -0.141. The Morgan fingerprint density at radius 3 is 2.47 bits per heavy atom. The fourth-order valence-electron chi connectivity index (χ4n) is 2.27. The highest BCUT2D eigenvalue weighted by molar-refractivity contribution is 8.13. The van der Waals surface area contributed by atoms with Crippen LogP contribution in [0.5, 0.6) is 0 Å². The third-order valence-corrected chi connectivity index (χ3v) is 4.22. The second-order valence-electron chi connectivity index (χ2n) is 4.87. The molecule has 0 bridgehead atoms. The topological polar surface area (TPSA) is 52.7 Å². The molecule has 2 fully saturated rings. The average molecular weight is 257 g/mol. The smallest absolute Gasteiger partial charge is 0.282 e. The van der Waals surface area contributed by atoms with Crippen LogP contribution < -0.4 is 5.32 Å². The lowest BCUT2D eigenvalue weighted by Gasteiger charge is -2.39. The standard InChI is InChI=1S/C11H19N3O2S/c1-11(2,14-7-8-17-10(14)16)9(15)13-5-3-12-4-6-13/h12H,3-8H2,1-2H3. The Morgan fingerprint density at radius 1 is 1.29 bits per heavy atom. The van der Waals surface area contributed by atoms with Gasteiger partial charge in [-0.3, -0.25) is 9.59 Å². The molecular weight excluding hydrogens is 238 g/mol. The number of nitrogens with one attached hydrogen (secondary N) is 1. The van der Waals surface area contributed by atoms with Crippen LogP contribution in [-0.2, 0) is 4.79 Å². The van der Waals surface area contributed by atoms with Gasteiger partial charge < -0.3 is 15.1 Å². The highest BCUT2D eigenvalue weighted by Crippen LogP contribution is 2.27. The van der Waals surface area contributed by atoms with Gasteiger partial charge in [-0.25, -0.2) is 0 Å². The quantitative estimate of drug-likeness (QED) is 0.776. The highest BCUT2D eigenvalue weighted by Gasteiger charge is 2.42. The van der Waals surface area contributed by atoms with Crippen LogP contribution >= 0.6 is 11.8 Å². The number of piperazine rings is 1. The van der Waals surface area contributed by atoms with Gasteiger partial charge in [0.05, 0.1) is 0 Å². The SMILES string of the molecule is CC(C)(C(=O)N1CCNCC1)N1CCSC1=O. The molecule has 0 radical (unpaired) electrons. The molecule has 0 aromatic heterocycles. The van der Waals surface area contributed by atoms with Gasteiger partial charge in [0.25, 0.3) is 5.24 Å². The number of carbonyl (C=O) groups is 2. The van der Waals surface area contributed by atoms with Crippen LogP contribution in [-0.4, -0.2) is 65.0 Å². The number of hydrogen-bond acceptors (Lipinski definition) is 4. The normalized spacial score (nSPS) is 22.1. The van der Waals surface area contributed by atoms with E-state index in [2.05, 4.69) is 5.32 Å². The Kier molecular flexibility index (Phi) is 3.63. The van der Waals surface area contributed by atoms with Crippen molar-refractivity contribution in [3.8, 4) is 0 Å². The zero-order chi connectivity index (χ0) is 12.5. The Hall–Kier alpha value is -0.750. The van der Waals surface area contributed by atoms with Crippen LogP contribution in [0.1, 0.15) is 13.8 Å². The molecule has 0 aliphatic carbocycles. The van der Waals surface area contributed by atoms with Crippen molar-refractivity contribution in [2.75, 3.05) is 38.5 Å². The summed E-state index contributed by atoms with van der Waals surface area (Å²) in [6, 6.07) is 0. The Bertz CT molecular complexity index is 327. The van der Waals surface area contributed by atoms with E-state index < -0.39 is 5.54 Å². The molecule has 0 aromatic carbocycles. The summed E-state index contributed by atoms with van der Waals surface area (Å²) in [6.07, 6.45) is 0. The summed E-state index contributed by atoms with van der Waals surface area (Å²) in [5.74, 6) is 0.853. The van der Waals surface area contributed by atoms with Crippen LogP contribution in [0.4, 0.5) is 4.79 Å². The summed E-state index contributed by atoms with van der Waals surface area (Å²) in [5.41, 5.74) is -0.710. The molecule has 2 rings (SSSR count). The highest BCUT2D eigenvalue weighted by atomic mass is 32.2. The first-order chi connectivity index (χ1) is 8.03. The molecule has 0 saturated carbocycles. The molecule has 2 aliphatic rings. The Balaban J connectivity index is 2.08. The summed E-state index contributed by atoms with van der Waals surface area (Å²) < 4.78 is 0. The second kappa shape index (κ2) is 4.86. The second-order valence-corrected chi connectivity index (χ2v) is 5.91. The van der Waals surface area contributed by atoms with E-state index in [1.54, 1.807) is 4.90 Å². The Labute approximate surface area is 106 Å². The molecule has 2 amide bonds. The van der Waals surface area contributed by atoms with E-state index >= 15 is 0 Å². The van der Waals surface area contributed by atoms with Crippen molar-refractivity contribution in [1.29, 1.82) is 0 Å². The monoisotopic (exact) mass is 257 g/mol. The average Bonchev–Trinajstić information content (AvgIpc) is 2.76.